The Kier molecular flexibility index (Phi) is 4.25. The Balaban J connectivity index is 1.84. The summed E-state index contributed by atoms with van der Waals surface area (Å²) < 4.78 is 5.84. The summed E-state index contributed by atoms with van der Waals surface area (Å²) in [6.45, 7) is 9.05. The van der Waals surface area contributed by atoms with Crippen LogP contribution in [0.5, 0.6) is 5.75 Å². The van der Waals surface area contributed by atoms with Gasteiger partial charge in [-0.05, 0) is 57.7 Å². The molecule has 1 aromatic heterocycles. The molecule has 0 fully saturated rings. The highest BCUT2D eigenvalue weighted by molar-refractivity contribution is 5.35. The van der Waals surface area contributed by atoms with Crippen molar-refractivity contribution in [1.29, 1.82) is 0 Å². The molecule has 2 aromatic rings. The van der Waals surface area contributed by atoms with Crippen molar-refractivity contribution in [1.82, 2.24) is 10.2 Å². The van der Waals surface area contributed by atoms with Crippen LogP contribution in [0.15, 0.2) is 18.2 Å². The van der Waals surface area contributed by atoms with Gasteiger partial charge in [0, 0.05) is 5.69 Å². The third kappa shape index (κ3) is 3.37. The van der Waals surface area contributed by atoms with Crippen molar-refractivity contribution >= 4 is 0 Å². The maximum Gasteiger partial charge on any atom is 0.122 e. The van der Waals surface area contributed by atoms with Crippen LogP contribution in [0.4, 0.5) is 0 Å². The quantitative estimate of drug-likeness (QED) is 0.831. The lowest BCUT2D eigenvalue weighted by Crippen LogP contribution is -2.01. The molecular formula is C16H22N2O. The van der Waals surface area contributed by atoms with Crippen molar-refractivity contribution in [3.8, 4) is 5.75 Å². The van der Waals surface area contributed by atoms with Crippen molar-refractivity contribution in [2.45, 2.75) is 40.5 Å². The first-order valence-electron chi connectivity index (χ1n) is 6.78. The van der Waals surface area contributed by atoms with Crippen LogP contribution in [0.1, 0.15) is 34.5 Å². The number of aromatic amines is 1. The zero-order valence-corrected chi connectivity index (χ0v) is 12.2. The molecule has 0 aliphatic heterocycles. The number of ether oxygens (including phenoxy) is 1. The van der Waals surface area contributed by atoms with Crippen LogP contribution in [-0.2, 0) is 6.42 Å². The molecule has 3 nitrogen and oxygen atoms in total. The fraction of sp³-hybridized carbons (Fsp3) is 0.438. The molecule has 0 unspecified atom stereocenters. The fourth-order valence-corrected chi connectivity index (χ4v) is 2.33. The van der Waals surface area contributed by atoms with Gasteiger partial charge in [0.1, 0.15) is 5.75 Å². The van der Waals surface area contributed by atoms with E-state index in [1.807, 2.05) is 6.92 Å². The van der Waals surface area contributed by atoms with Gasteiger partial charge in [-0.1, -0.05) is 17.7 Å². The first-order valence-corrected chi connectivity index (χ1v) is 6.78. The highest BCUT2D eigenvalue weighted by atomic mass is 16.5. The van der Waals surface area contributed by atoms with Gasteiger partial charge in [-0.25, -0.2) is 0 Å². The number of nitrogens with zero attached hydrogens (tertiary/aromatic N) is 1. The first kappa shape index (κ1) is 13.7. The van der Waals surface area contributed by atoms with Gasteiger partial charge < -0.3 is 4.74 Å². The Bertz CT molecular complexity index is 538. The lowest BCUT2D eigenvalue weighted by atomic mass is 10.1. The smallest absolute Gasteiger partial charge is 0.122 e. The van der Waals surface area contributed by atoms with Gasteiger partial charge >= 0.3 is 0 Å². The topological polar surface area (TPSA) is 37.9 Å². The van der Waals surface area contributed by atoms with Crippen molar-refractivity contribution in [3.05, 3.63) is 46.3 Å². The minimum Gasteiger partial charge on any atom is -0.493 e. The molecule has 0 bridgehead atoms. The van der Waals surface area contributed by atoms with E-state index in [1.165, 1.54) is 22.4 Å². The van der Waals surface area contributed by atoms with Crippen molar-refractivity contribution in [2.75, 3.05) is 6.61 Å². The molecule has 1 aromatic carbocycles. The van der Waals surface area contributed by atoms with Crippen molar-refractivity contribution < 1.29 is 4.74 Å². The van der Waals surface area contributed by atoms with Crippen LogP contribution in [0, 0.1) is 27.7 Å². The van der Waals surface area contributed by atoms with Gasteiger partial charge in [-0.2, -0.15) is 5.10 Å². The first-order chi connectivity index (χ1) is 9.08. The molecule has 0 saturated heterocycles. The number of benzene rings is 1. The van der Waals surface area contributed by atoms with Crippen LogP contribution in [0.25, 0.3) is 0 Å². The second kappa shape index (κ2) is 5.91. The molecule has 0 radical (unpaired) electrons. The molecular weight excluding hydrogens is 236 g/mol. The molecule has 3 heteroatoms. The summed E-state index contributed by atoms with van der Waals surface area (Å²) in [5.74, 6) is 0.992. The maximum atomic E-state index is 5.84. The number of aromatic nitrogens is 2. The molecule has 102 valence electrons. The maximum absolute atomic E-state index is 5.84. The largest absolute Gasteiger partial charge is 0.493 e. The highest BCUT2D eigenvalue weighted by Gasteiger charge is 2.06. The molecule has 0 aliphatic rings. The average molecular weight is 258 g/mol. The summed E-state index contributed by atoms with van der Waals surface area (Å²) in [6, 6.07) is 6.30. The molecule has 19 heavy (non-hydrogen) atoms. The predicted molar refractivity (Wildman–Crippen MR) is 77.8 cm³/mol. The van der Waals surface area contributed by atoms with E-state index in [2.05, 4.69) is 49.2 Å². The normalized spacial score (nSPS) is 10.7. The summed E-state index contributed by atoms with van der Waals surface area (Å²) >= 11 is 0. The number of hydrogen-bond acceptors (Lipinski definition) is 2. The number of nitrogens with one attached hydrogen (secondary N) is 1. The molecule has 2 rings (SSSR count). The Hall–Kier alpha value is -1.77. The van der Waals surface area contributed by atoms with Crippen LogP contribution >= 0.6 is 0 Å². The van der Waals surface area contributed by atoms with E-state index in [9.17, 15) is 0 Å². The molecule has 0 amide bonds. The van der Waals surface area contributed by atoms with Crippen LogP contribution in [0.3, 0.4) is 0 Å². The molecule has 0 aliphatic carbocycles. The van der Waals surface area contributed by atoms with E-state index in [4.69, 9.17) is 4.74 Å². The van der Waals surface area contributed by atoms with Gasteiger partial charge in [-0.15, -0.1) is 0 Å². The molecule has 0 saturated carbocycles. The van der Waals surface area contributed by atoms with E-state index in [-0.39, 0.29) is 0 Å². The average Bonchev–Trinajstić information content (AvgIpc) is 2.68. The van der Waals surface area contributed by atoms with E-state index >= 15 is 0 Å². The monoisotopic (exact) mass is 258 g/mol. The molecule has 1 heterocycles. The lowest BCUT2D eigenvalue weighted by Gasteiger charge is -2.09. The standard InChI is InChI=1S/C16H22N2O/c1-11-7-8-16(12(2)10-11)19-9-5-6-15-13(3)17-18-14(15)4/h7-8,10H,5-6,9H2,1-4H3,(H,17,18). The summed E-state index contributed by atoms with van der Waals surface area (Å²) in [7, 11) is 0. The lowest BCUT2D eigenvalue weighted by molar-refractivity contribution is 0.309. The van der Waals surface area contributed by atoms with E-state index in [0.29, 0.717) is 0 Å². The predicted octanol–water partition coefficient (Wildman–Crippen LogP) is 3.65. The van der Waals surface area contributed by atoms with Crippen LogP contribution < -0.4 is 4.74 Å². The number of aryl methyl sites for hydroxylation is 4. The number of hydrogen-bond donors (Lipinski definition) is 1. The highest BCUT2D eigenvalue weighted by Crippen LogP contribution is 2.19. The second-order valence-electron chi connectivity index (χ2n) is 5.13. The minimum atomic E-state index is 0.744. The van der Waals surface area contributed by atoms with Gasteiger partial charge in [0.2, 0.25) is 0 Å². The Morgan fingerprint density at radius 3 is 2.58 bits per heavy atom. The van der Waals surface area contributed by atoms with Gasteiger partial charge in [0.15, 0.2) is 0 Å². The van der Waals surface area contributed by atoms with Crippen molar-refractivity contribution in [3.63, 3.8) is 0 Å². The van der Waals surface area contributed by atoms with Gasteiger partial charge in [0.25, 0.3) is 0 Å². The van der Waals surface area contributed by atoms with Crippen LogP contribution in [0.2, 0.25) is 0 Å². The Morgan fingerprint density at radius 2 is 1.95 bits per heavy atom. The molecule has 0 atom stereocenters. The number of rotatable bonds is 5. The molecule has 1 N–H and O–H groups in total. The minimum absolute atomic E-state index is 0.744. The van der Waals surface area contributed by atoms with Gasteiger partial charge in [-0.3, -0.25) is 5.10 Å². The van der Waals surface area contributed by atoms with Crippen molar-refractivity contribution in [2.24, 2.45) is 0 Å². The zero-order chi connectivity index (χ0) is 13.8. The van der Waals surface area contributed by atoms with E-state index < -0.39 is 0 Å². The third-order valence-corrected chi connectivity index (χ3v) is 3.44. The summed E-state index contributed by atoms with van der Waals surface area (Å²) in [5, 5.41) is 7.23. The van der Waals surface area contributed by atoms with Crippen LogP contribution in [-0.4, -0.2) is 16.8 Å². The fourth-order valence-electron chi connectivity index (χ4n) is 2.33. The Labute approximate surface area is 115 Å². The Morgan fingerprint density at radius 1 is 1.16 bits per heavy atom. The summed E-state index contributed by atoms with van der Waals surface area (Å²) in [6.07, 6.45) is 2.02. The second-order valence-corrected chi connectivity index (χ2v) is 5.13. The van der Waals surface area contributed by atoms with E-state index in [1.54, 1.807) is 0 Å². The molecule has 0 spiro atoms. The van der Waals surface area contributed by atoms with E-state index in [0.717, 1.165) is 30.9 Å². The SMILES string of the molecule is Cc1ccc(OCCCc2c(C)n[nH]c2C)c(C)c1. The third-order valence-electron chi connectivity index (χ3n) is 3.44. The number of H-pyrrole nitrogens is 1. The zero-order valence-electron chi connectivity index (χ0n) is 12.2. The summed E-state index contributed by atoms with van der Waals surface area (Å²) in [5.41, 5.74) is 6.07. The van der Waals surface area contributed by atoms with Gasteiger partial charge in [0.05, 0.1) is 12.3 Å². The summed E-state index contributed by atoms with van der Waals surface area (Å²) in [4.78, 5) is 0.